The molecule has 0 unspecified atom stereocenters. The number of halogens is 1. The number of aryl methyl sites for hydroxylation is 1. The summed E-state index contributed by atoms with van der Waals surface area (Å²) in [6, 6.07) is 9.11. The average molecular weight is 360 g/mol. The van der Waals surface area contributed by atoms with Crippen LogP contribution in [0.5, 0.6) is 11.5 Å². The van der Waals surface area contributed by atoms with Crippen LogP contribution in [0.4, 0.5) is 5.69 Å². The first kappa shape index (κ1) is 17.1. The number of methoxy groups -OCH3 is 2. The van der Waals surface area contributed by atoms with Gasteiger partial charge in [0.1, 0.15) is 17.3 Å². The summed E-state index contributed by atoms with van der Waals surface area (Å²) in [6.07, 6.45) is 4.54. The van der Waals surface area contributed by atoms with E-state index in [-0.39, 0.29) is 5.91 Å². The summed E-state index contributed by atoms with van der Waals surface area (Å²) in [5, 5.41) is 3.25. The molecule has 1 aromatic carbocycles. The van der Waals surface area contributed by atoms with Gasteiger partial charge in [-0.15, -0.1) is 0 Å². The Bertz CT molecular complexity index is 908. The molecular weight excluding hydrogens is 342 g/mol. The van der Waals surface area contributed by atoms with Gasteiger partial charge in [0.25, 0.3) is 0 Å². The number of carbonyl (C=O) groups excluding carboxylic acids is 1. The molecule has 6 nitrogen and oxygen atoms in total. The maximum atomic E-state index is 12.3. The lowest BCUT2D eigenvalue weighted by atomic mass is 10.2. The molecule has 2 aromatic heterocycles. The molecule has 0 aliphatic heterocycles. The Morgan fingerprint density at radius 1 is 1.24 bits per heavy atom. The van der Waals surface area contributed by atoms with Crippen molar-refractivity contribution in [2.75, 3.05) is 19.5 Å². The monoisotopic (exact) mass is 359 g/mol. The number of ether oxygens (including phenoxy) is 2. The van der Waals surface area contributed by atoms with Crippen molar-refractivity contribution in [3.8, 4) is 11.5 Å². The number of hydrogen-bond acceptors (Lipinski definition) is 4. The van der Waals surface area contributed by atoms with Gasteiger partial charge in [0, 0.05) is 31.2 Å². The summed E-state index contributed by atoms with van der Waals surface area (Å²) < 4.78 is 12.4. The van der Waals surface area contributed by atoms with E-state index < -0.39 is 0 Å². The van der Waals surface area contributed by atoms with Crippen LogP contribution in [0.25, 0.3) is 5.52 Å². The van der Waals surface area contributed by atoms with Crippen LogP contribution in [0.15, 0.2) is 42.7 Å². The summed E-state index contributed by atoms with van der Waals surface area (Å²) in [4.78, 5) is 16.7. The van der Waals surface area contributed by atoms with Crippen LogP contribution in [0.3, 0.4) is 0 Å². The van der Waals surface area contributed by atoms with Crippen LogP contribution in [-0.2, 0) is 11.2 Å². The second kappa shape index (κ2) is 7.44. The molecule has 0 aliphatic carbocycles. The Hall–Kier alpha value is -2.73. The van der Waals surface area contributed by atoms with Crippen molar-refractivity contribution in [3.63, 3.8) is 0 Å². The fourth-order valence-electron chi connectivity index (χ4n) is 2.58. The van der Waals surface area contributed by atoms with Gasteiger partial charge in [0.05, 0.1) is 36.6 Å². The first-order chi connectivity index (χ1) is 12.1. The number of pyridine rings is 1. The summed E-state index contributed by atoms with van der Waals surface area (Å²) in [7, 11) is 3.03. The van der Waals surface area contributed by atoms with E-state index in [0.29, 0.717) is 35.1 Å². The summed E-state index contributed by atoms with van der Waals surface area (Å²) >= 11 is 6.07. The van der Waals surface area contributed by atoms with Crippen molar-refractivity contribution in [1.29, 1.82) is 0 Å². The SMILES string of the molecule is COc1cc(NC(=O)CCc2ncc3ccccn23)c(OC)cc1Cl. The lowest BCUT2D eigenvalue weighted by Gasteiger charge is -2.13. The molecule has 7 heteroatoms. The van der Waals surface area contributed by atoms with E-state index in [2.05, 4.69) is 10.3 Å². The molecule has 3 aromatic rings. The molecule has 1 N–H and O–H groups in total. The third-order valence-corrected chi connectivity index (χ3v) is 4.13. The molecule has 0 atom stereocenters. The topological polar surface area (TPSA) is 64.9 Å². The van der Waals surface area contributed by atoms with Crippen molar-refractivity contribution < 1.29 is 14.3 Å². The van der Waals surface area contributed by atoms with E-state index >= 15 is 0 Å². The van der Waals surface area contributed by atoms with E-state index in [1.807, 2.05) is 28.8 Å². The van der Waals surface area contributed by atoms with E-state index in [1.165, 1.54) is 14.2 Å². The molecule has 0 radical (unpaired) electrons. The number of rotatable bonds is 6. The molecule has 0 spiro atoms. The number of benzene rings is 1. The quantitative estimate of drug-likeness (QED) is 0.730. The predicted octanol–water partition coefficient (Wildman–Crippen LogP) is 3.58. The molecule has 130 valence electrons. The van der Waals surface area contributed by atoms with Crippen LogP contribution in [-0.4, -0.2) is 29.5 Å². The second-order valence-electron chi connectivity index (χ2n) is 5.41. The number of aromatic nitrogens is 2. The number of anilines is 1. The normalized spacial score (nSPS) is 10.7. The van der Waals surface area contributed by atoms with Crippen molar-refractivity contribution in [3.05, 3.63) is 53.6 Å². The predicted molar refractivity (Wildman–Crippen MR) is 96.7 cm³/mol. The number of amides is 1. The number of nitrogens with one attached hydrogen (secondary N) is 1. The molecule has 3 rings (SSSR count). The van der Waals surface area contributed by atoms with E-state index in [1.54, 1.807) is 18.3 Å². The Morgan fingerprint density at radius 3 is 2.80 bits per heavy atom. The van der Waals surface area contributed by atoms with Crippen molar-refractivity contribution in [1.82, 2.24) is 9.38 Å². The zero-order valence-electron chi connectivity index (χ0n) is 14.0. The highest BCUT2D eigenvalue weighted by molar-refractivity contribution is 6.32. The highest BCUT2D eigenvalue weighted by Gasteiger charge is 2.13. The highest BCUT2D eigenvalue weighted by atomic mass is 35.5. The smallest absolute Gasteiger partial charge is 0.224 e. The molecular formula is C18H18ClN3O3. The zero-order valence-corrected chi connectivity index (χ0v) is 14.7. The van der Waals surface area contributed by atoms with E-state index in [0.717, 1.165) is 11.3 Å². The average Bonchev–Trinajstić information content (AvgIpc) is 3.04. The number of carbonyl (C=O) groups is 1. The van der Waals surface area contributed by atoms with Gasteiger partial charge >= 0.3 is 0 Å². The summed E-state index contributed by atoms with van der Waals surface area (Å²) in [5.41, 5.74) is 1.52. The number of nitrogens with zero attached hydrogens (tertiary/aromatic N) is 2. The van der Waals surface area contributed by atoms with Gasteiger partial charge in [0.15, 0.2) is 0 Å². The molecule has 0 aliphatic rings. The maximum absolute atomic E-state index is 12.3. The molecule has 0 fully saturated rings. The van der Waals surface area contributed by atoms with Gasteiger partial charge in [-0.3, -0.25) is 4.79 Å². The van der Waals surface area contributed by atoms with Crippen LogP contribution in [0.1, 0.15) is 12.2 Å². The molecule has 2 heterocycles. The van der Waals surface area contributed by atoms with Crippen LogP contribution >= 0.6 is 11.6 Å². The summed E-state index contributed by atoms with van der Waals surface area (Å²) in [6.45, 7) is 0. The molecule has 0 saturated carbocycles. The second-order valence-corrected chi connectivity index (χ2v) is 5.81. The third kappa shape index (κ3) is 3.69. The number of fused-ring (bicyclic) bond motifs is 1. The zero-order chi connectivity index (χ0) is 17.8. The standard InChI is InChI=1S/C18H18ClN3O3/c1-24-15-10-14(16(25-2)9-13(15)19)21-18(23)7-6-17-20-11-12-5-3-4-8-22(12)17/h3-5,8-11H,6-7H2,1-2H3,(H,21,23). The lowest BCUT2D eigenvalue weighted by Crippen LogP contribution is -2.14. The lowest BCUT2D eigenvalue weighted by molar-refractivity contribution is -0.116. The Kier molecular flexibility index (Phi) is 5.09. The largest absolute Gasteiger partial charge is 0.495 e. The highest BCUT2D eigenvalue weighted by Crippen LogP contribution is 2.35. The minimum Gasteiger partial charge on any atom is -0.495 e. The van der Waals surface area contributed by atoms with Gasteiger partial charge in [-0.2, -0.15) is 0 Å². The van der Waals surface area contributed by atoms with Crippen LogP contribution in [0, 0.1) is 0 Å². The fraction of sp³-hybridized carbons (Fsp3) is 0.222. The summed E-state index contributed by atoms with van der Waals surface area (Å²) in [5.74, 6) is 1.64. The van der Waals surface area contributed by atoms with E-state index in [4.69, 9.17) is 21.1 Å². The van der Waals surface area contributed by atoms with Gasteiger partial charge in [-0.05, 0) is 12.1 Å². The Labute approximate surface area is 150 Å². The van der Waals surface area contributed by atoms with Crippen molar-refractivity contribution >= 4 is 28.7 Å². The fourth-order valence-corrected chi connectivity index (χ4v) is 2.81. The van der Waals surface area contributed by atoms with Crippen LogP contribution < -0.4 is 14.8 Å². The molecule has 0 bridgehead atoms. The first-order valence-corrected chi connectivity index (χ1v) is 8.12. The van der Waals surface area contributed by atoms with Crippen molar-refractivity contribution in [2.45, 2.75) is 12.8 Å². The van der Waals surface area contributed by atoms with Crippen molar-refractivity contribution in [2.24, 2.45) is 0 Å². The Balaban J connectivity index is 1.70. The molecule has 1 amide bonds. The van der Waals surface area contributed by atoms with Crippen LogP contribution in [0.2, 0.25) is 5.02 Å². The minimum absolute atomic E-state index is 0.143. The number of hydrogen-bond donors (Lipinski definition) is 1. The first-order valence-electron chi connectivity index (χ1n) is 7.74. The molecule has 25 heavy (non-hydrogen) atoms. The van der Waals surface area contributed by atoms with Gasteiger partial charge in [0.2, 0.25) is 5.91 Å². The molecule has 0 saturated heterocycles. The maximum Gasteiger partial charge on any atom is 0.224 e. The Morgan fingerprint density at radius 2 is 2.04 bits per heavy atom. The minimum atomic E-state index is -0.143. The van der Waals surface area contributed by atoms with E-state index in [9.17, 15) is 4.79 Å². The van der Waals surface area contributed by atoms with Gasteiger partial charge in [-0.25, -0.2) is 4.98 Å². The third-order valence-electron chi connectivity index (χ3n) is 3.84. The number of imidazole rings is 1. The van der Waals surface area contributed by atoms with Gasteiger partial charge in [-0.1, -0.05) is 17.7 Å². The van der Waals surface area contributed by atoms with Gasteiger partial charge < -0.3 is 19.2 Å².